The number of hydrogen-bond donors (Lipinski definition) is 2. The minimum Gasteiger partial charge on any atom is -0.465 e. The van der Waals surface area contributed by atoms with Crippen molar-refractivity contribution >= 4 is 50.7 Å². The van der Waals surface area contributed by atoms with Crippen LogP contribution in [0.2, 0.25) is 0 Å². The number of aryl methyl sites for hydroxylation is 1. The summed E-state index contributed by atoms with van der Waals surface area (Å²) in [5, 5.41) is 7.93. The van der Waals surface area contributed by atoms with Crippen LogP contribution in [-0.4, -0.2) is 34.4 Å². The van der Waals surface area contributed by atoms with Crippen molar-refractivity contribution in [2.45, 2.75) is 32.1 Å². The summed E-state index contributed by atoms with van der Waals surface area (Å²) in [5.74, 6) is -1.13. The van der Waals surface area contributed by atoms with Crippen molar-refractivity contribution in [3.8, 4) is 0 Å². The zero-order valence-electron chi connectivity index (χ0n) is 16.0. The average Bonchev–Trinajstić information content (AvgIpc) is 3.46. The first kappa shape index (κ1) is 20.2. The number of aromatic nitrogens is 2. The number of anilines is 2. The van der Waals surface area contributed by atoms with E-state index in [2.05, 4.69) is 20.6 Å². The number of carbonyl (C=O) groups is 3. The summed E-state index contributed by atoms with van der Waals surface area (Å²) >= 11 is 2.60. The highest BCUT2D eigenvalue weighted by Gasteiger charge is 2.33. The van der Waals surface area contributed by atoms with E-state index in [1.165, 1.54) is 28.9 Å². The van der Waals surface area contributed by atoms with E-state index in [0.717, 1.165) is 11.3 Å². The molecular weight excluding hydrogens is 428 g/mol. The summed E-state index contributed by atoms with van der Waals surface area (Å²) in [6.45, 7) is 2.10. The summed E-state index contributed by atoms with van der Waals surface area (Å²) in [6, 6.07) is 3.17. The van der Waals surface area contributed by atoms with Gasteiger partial charge in [-0.3, -0.25) is 19.7 Å². The molecule has 0 fully saturated rings. The van der Waals surface area contributed by atoms with Crippen molar-refractivity contribution in [3.05, 3.63) is 45.8 Å². The monoisotopic (exact) mass is 446 g/mol. The molecular formula is C19H18N4O5S2. The second-order valence-electron chi connectivity index (χ2n) is 6.47. The standard InChI is InChI=1S/C19H18N4O5S2/c1-2-27-17(26)11-5-6-13-15(11)22-19(30-13)21-14(24)8-10-9-29-18(20-10)23-16(25)12-4-3-7-28-12/h3-4,7,9,11H,2,5-6,8H2,1H3,(H,20,23,25)(H,21,22,24)/t11-/m0/s1. The number of amides is 2. The van der Waals surface area contributed by atoms with Gasteiger partial charge in [0.25, 0.3) is 5.91 Å². The number of nitrogens with zero attached hydrogens (tertiary/aromatic N) is 2. The maximum Gasteiger partial charge on any atom is 0.315 e. The van der Waals surface area contributed by atoms with Gasteiger partial charge < -0.3 is 14.5 Å². The van der Waals surface area contributed by atoms with Crippen LogP contribution >= 0.6 is 22.7 Å². The molecule has 156 valence electrons. The van der Waals surface area contributed by atoms with Crippen LogP contribution < -0.4 is 10.6 Å². The topological polar surface area (TPSA) is 123 Å². The quantitative estimate of drug-likeness (QED) is 0.534. The molecule has 1 aliphatic carbocycles. The highest BCUT2D eigenvalue weighted by molar-refractivity contribution is 7.16. The molecule has 2 N–H and O–H groups in total. The van der Waals surface area contributed by atoms with E-state index in [1.807, 2.05) is 0 Å². The Bertz CT molecular complexity index is 1070. The first-order chi connectivity index (χ1) is 14.5. The van der Waals surface area contributed by atoms with E-state index in [4.69, 9.17) is 9.15 Å². The van der Waals surface area contributed by atoms with Crippen LogP contribution in [0, 0.1) is 0 Å². The Morgan fingerprint density at radius 1 is 1.27 bits per heavy atom. The maximum atomic E-state index is 12.4. The fourth-order valence-corrected chi connectivity index (χ4v) is 4.85. The SMILES string of the molecule is CCOC(=O)[C@H]1CCc2sc(NC(=O)Cc3csc(NC(=O)c4ccco4)n3)nc21. The molecule has 0 spiro atoms. The summed E-state index contributed by atoms with van der Waals surface area (Å²) in [6.07, 6.45) is 2.89. The molecule has 0 unspecified atom stereocenters. The lowest BCUT2D eigenvalue weighted by Gasteiger charge is -2.07. The van der Waals surface area contributed by atoms with Gasteiger partial charge in [0.2, 0.25) is 5.91 Å². The number of esters is 1. The molecule has 1 aliphatic rings. The molecule has 0 bridgehead atoms. The molecule has 11 heteroatoms. The van der Waals surface area contributed by atoms with Crippen molar-refractivity contribution in [2.24, 2.45) is 0 Å². The average molecular weight is 447 g/mol. The maximum absolute atomic E-state index is 12.4. The van der Waals surface area contributed by atoms with Crippen LogP contribution in [0.3, 0.4) is 0 Å². The third-order valence-corrected chi connectivity index (χ3v) is 6.25. The zero-order valence-corrected chi connectivity index (χ0v) is 17.6. The molecule has 0 radical (unpaired) electrons. The Labute approximate surface area is 179 Å². The van der Waals surface area contributed by atoms with Crippen LogP contribution in [0.15, 0.2) is 28.2 Å². The number of furan rings is 1. The molecule has 3 aromatic heterocycles. The van der Waals surface area contributed by atoms with Gasteiger partial charge in [-0.25, -0.2) is 9.97 Å². The van der Waals surface area contributed by atoms with Crippen molar-refractivity contribution in [1.29, 1.82) is 0 Å². The lowest BCUT2D eigenvalue weighted by molar-refractivity contribution is -0.145. The Hall–Kier alpha value is -3.05. The fourth-order valence-electron chi connectivity index (χ4n) is 3.09. The van der Waals surface area contributed by atoms with Gasteiger partial charge in [0.15, 0.2) is 16.0 Å². The molecule has 2 amide bonds. The van der Waals surface area contributed by atoms with Crippen LogP contribution in [-0.2, 0) is 27.2 Å². The van der Waals surface area contributed by atoms with Gasteiger partial charge in [-0.05, 0) is 31.9 Å². The lowest BCUT2D eigenvalue weighted by Crippen LogP contribution is -2.16. The fraction of sp³-hybridized carbons (Fsp3) is 0.316. The summed E-state index contributed by atoms with van der Waals surface area (Å²) in [7, 11) is 0. The zero-order chi connectivity index (χ0) is 21.1. The van der Waals surface area contributed by atoms with Gasteiger partial charge >= 0.3 is 5.97 Å². The number of rotatable bonds is 7. The molecule has 9 nitrogen and oxygen atoms in total. The molecule has 30 heavy (non-hydrogen) atoms. The summed E-state index contributed by atoms with van der Waals surface area (Å²) in [4.78, 5) is 46.1. The number of hydrogen-bond acceptors (Lipinski definition) is 9. The number of carbonyl (C=O) groups excluding carboxylic acids is 3. The van der Waals surface area contributed by atoms with Crippen molar-refractivity contribution in [1.82, 2.24) is 9.97 Å². The second-order valence-corrected chi connectivity index (χ2v) is 8.41. The highest BCUT2D eigenvalue weighted by Crippen LogP contribution is 2.39. The molecule has 3 heterocycles. The van der Waals surface area contributed by atoms with E-state index in [9.17, 15) is 14.4 Å². The minimum absolute atomic E-state index is 0.0404. The molecule has 0 aliphatic heterocycles. The summed E-state index contributed by atoms with van der Waals surface area (Å²) < 4.78 is 10.1. The third-order valence-electron chi connectivity index (χ3n) is 4.39. The van der Waals surface area contributed by atoms with Gasteiger partial charge in [0.1, 0.15) is 5.92 Å². The second kappa shape index (κ2) is 8.76. The first-order valence-electron chi connectivity index (χ1n) is 9.28. The van der Waals surface area contributed by atoms with Crippen LogP contribution in [0.4, 0.5) is 10.3 Å². The molecule has 3 aromatic rings. The van der Waals surface area contributed by atoms with Crippen molar-refractivity contribution < 1.29 is 23.5 Å². The van der Waals surface area contributed by atoms with Gasteiger partial charge in [-0.1, -0.05) is 0 Å². The predicted octanol–water partition coefficient (Wildman–Crippen LogP) is 3.22. The Balaban J connectivity index is 1.34. The highest BCUT2D eigenvalue weighted by atomic mass is 32.1. The normalized spacial score (nSPS) is 14.9. The van der Waals surface area contributed by atoms with Crippen molar-refractivity contribution in [2.75, 3.05) is 17.2 Å². The van der Waals surface area contributed by atoms with E-state index in [0.29, 0.717) is 34.7 Å². The Morgan fingerprint density at radius 2 is 2.13 bits per heavy atom. The van der Waals surface area contributed by atoms with Crippen molar-refractivity contribution in [3.63, 3.8) is 0 Å². The third kappa shape index (κ3) is 4.41. The molecule has 1 atom stereocenters. The first-order valence-corrected chi connectivity index (χ1v) is 11.0. The van der Waals surface area contributed by atoms with Crippen LogP contribution in [0.25, 0.3) is 0 Å². The number of nitrogens with one attached hydrogen (secondary N) is 2. The van der Waals surface area contributed by atoms with Crippen LogP contribution in [0.5, 0.6) is 0 Å². The van der Waals surface area contributed by atoms with E-state index in [1.54, 1.807) is 24.4 Å². The van der Waals surface area contributed by atoms with Gasteiger partial charge in [-0.2, -0.15) is 0 Å². The van der Waals surface area contributed by atoms with Crippen LogP contribution in [0.1, 0.15) is 46.1 Å². The van der Waals surface area contributed by atoms with Gasteiger partial charge in [-0.15, -0.1) is 22.7 Å². The minimum atomic E-state index is -0.404. The van der Waals surface area contributed by atoms with Gasteiger partial charge in [0, 0.05) is 10.3 Å². The molecule has 0 saturated carbocycles. The lowest BCUT2D eigenvalue weighted by atomic mass is 10.1. The summed E-state index contributed by atoms with van der Waals surface area (Å²) in [5.41, 5.74) is 1.23. The van der Waals surface area contributed by atoms with E-state index >= 15 is 0 Å². The molecule has 4 rings (SSSR count). The smallest absolute Gasteiger partial charge is 0.315 e. The Kier molecular flexibility index (Phi) is 5.91. The predicted molar refractivity (Wildman–Crippen MR) is 111 cm³/mol. The van der Waals surface area contributed by atoms with E-state index in [-0.39, 0.29) is 30.0 Å². The van der Waals surface area contributed by atoms with E-state index < -0.39 is 5.91 Å². The molecule has 0 aromatic carbocycles. The number of thiazole rings is 2. The number of ether oxygens (including phenoxy) is 1. The van der Waals surface area contributed by atoms with Gasteiger partial charge in [0.05, 0.1) is 30.7 Å². The molecule has 0 saturated heterocycles. The Morgan fingerprint density at radius 3 is 2.90 bits per heavy atom. The number of fused-ring (bicyclic) bond motifs is 1. The largest absolute Gasteiger partial charge is 0.465 e.